The molecular formula is C22H28N4O3S. The Morgan fingerprint density at radius 2 is 1.93 bits per heavy atom. The Bertz CT molecular complexity index is 988. The van der Waals surface area contributed by atoms with Crippen molar-refractivity contribution < 1.29 is 13.2 Å². The van der Waals surface area contributed by atoms with E-state index in [-0.39, 0.29) is 22.8 Å². The maximum atomic E-state index is 12.7. The number of rotatable bonds is 6. The molecule has 1 N–H and O–H groups in total. The first-order valence-electron chi connectivity index (χ1n) is 10.5. The zero-order valence-electron chi connectivity index (χ0n) is 17.2. The van der Waals surface area contributed by atoms with E-state index in [9.17, 15) is 13.2 Å². The molecule has 0 saturated carbocycles. The van der Waals surface area contributed by atoms with Crippen LogP contribution in [0.2, 0.25) is 0 Å². The van der Waals surface area contributed by atoms with Crippen LogP contribution in [0, 0.1) is 5.92 Å². The van der Waals surface area contributed by atoms with E-state index in [4.69, 9.17) is 0 Å². The third-order valence-electron chi connectivity index (χ3n) is 6.12. The van der Waals surface area contributed by atoms with Crippen molar-refractivity contribution in [1.82, 2.24) is 14.6 Å². The van der Waals surface area contributed by atoms with Crippen LogP contribution in [0.4, 0.5) is 5.69 Å². The molecular weight excluding hydrogens is 400 g/mol. The summed E-state index contributed by atoms with van der Waals surface area (Å²) in [6.07, 6.45) is 5.03. The van der Waals surface area contributed by atoms with Gasteiger partial charge in [-0.05, 0) is 49.9 Å². The summed E-state index contributed by atoms with van der Waals surface area (Å²) in [5.74, 6) is -0.129. The topological polar surface area (TPSA) is 82.6 Å². The molecule has 2 aliphatic rings. The van der Waals surface area contributed by atoms with E-state index in [1.807, 2.05) is 0 Å². The highest BCUT2D eigenvalue weighted by Crippen LogP contribution is 2.29. The average Bonchev–Trinajstić information content (AvgIpc) is 3.22. The van der Waals surface area contributed by atoms with Crippen molar-refractivity contribution in [2.45, 2.75) is 37.1 Å². The molecule has 4 rings (SSSR count). The number of piperidine rings is 1. The molecule has 3 heterocycles. The normalized spacial score (nSPS) is 18.8. The van der Waals surface area contributed by atoms with E-state index in [1.165, 1.54) is 21.8 Å². The highest BCUT2D eigenvalue weighted by atomic mass is 32.2. The lowest BCUT2D eigenvalue weighted by Gasteiger charge is -2.31. The zero-order chi connectivity index (χ0) is 21.1. The van der Waals surface area contributed by atoms with E-state index in [2.05, 4.69) is 46.4 Å². The molecule has 30 heavy (non-hydrogen) atoms. The zero-order valence-corrected chi connectivity index (χ0v) is 18.0. The number of carbonyl (C=O) groups excluding carboxylic acids is 1. The molecule has 7 nitrogen and oxygen atoms in total. The van der Waals surface area contributed by atoms with Gasteiger partial charge in [0.15, 0.2) is 0 Å². The minimum absolute atomic E-state index is 0.0211. The number of nitrogens with one attached hydrogen (secondary N) is 1. The van der Waals surface area contributed by atoms with E-state index in [0.29, 0.717) is 32.5 Å². The number of sulfonamides is 1. The van der Waals surface area contributed by atoms with Crippen molar-refractivity contribution in [2.75, 3.05) is 31.1 Å². The molecule has 1 atom stereocenters. The van der Waals surface area contributed by atoms with Crippen LogP contribution in [0.5, 0.6) is 0 Å². The quantitative estimate of drug-likeness (QED) is 0.762. The standard InChI is InChI=1S/C22H28N4O3S/c1-17(26-14-10-18-5-2-3-7-21(18)26)15-24-22(27)19-8-12-25(13-9-19)30(28,29)20-6-4-11-23-16-20/h2-7,11,16-17,19H,8-10,12-15H2,1H3,(H,24,27). The lowest BCUT2D eigenvalue weighted by molar-refractivity contribution is -0.126. The minimum Gasteiger partial charge on any atom is -0.366 e. The Balaban J connectivity index is 1.28. The number of benzene rings is 1. The van der Waals surface area contributed by atoms with Crippen molar-refractivity contribution in [3.05, 3.63) is 54.4 Å². The molecule has 1 aromatic carbocycles. The van der Waals surface area contributed by atoms with E-state index < -0.39 is 10.0 Å². The predicted octanol–water partition coefficient (Wildman–Crippen LogP) is 2.05. The summed E-state index contributed by atoms with van der Waals surface area (Å²) in [6.45, 7) is 4.39. The number of amides is 1. The minimum atomic E-state index is -3.54. The number of aromatic nitrogens is 1. The number of carbonyl (C=O) groups is 1. The smallest absolute Gasteiger partial charge is 0.244 e. The van der Waals surface area contributed by atoms with Crippen molar-refractivity contribution in [3.63, 3.8) is 0 Å². The fraction of sp³-hybridized carbons (Fsp3) is 0.455. The second-order valence-corrected chi connectivity index (χ2v) is 9.97. The van der Waals surface area contributed by atoms with Crippen molar-refractivity contribution in [2.24, 2.45) is 5.92 Å². The predicted molar refractivity (Wildman–Crippen MR) is 116 cm³/mol. The van der Waals surface area contributed by atoms with Gasteiger partial charge in [-0.2, -0.15) is 4.31 Å². The summed E-state index contributed by atoms with van der Waals surface area (Å²) in [5, 5.41) is 3.09. The molecule has 1 aromatic heterocycles. The van der Waals surface area contributed by atoms with Crippen molar-refractivity contribution >= 4 is 21.6 Å². The fourth-order valence-electron chi connectivity index (χ4n) is 4.33. The molecule has 2 aliphatic heterocycles. The van der Waals surface area contributed by atoms with Crippen LogP contribution in [0.3, 0.4) is 0 Å². The third-order valence-corrected chi connectivity index (χ3v) is 8.01. The number of para-hydroxylation sites is 1. The Kier molecular flexibility index (Phi) is 6.06. The van der Waals surface area contributed by atoms with Gasteiger partial charge in [-0.3, -0.25) is 9.78 Å². The molecule has 0 bridgehead atoms. The lowest BCUT2D eigenvalue weighted by atomic mass is 9.97. The summed E-state index contributed by atoms with van der Waals surface area (Å²) in [7, 11) is -3.54. The van der Waals surface area contributed by atoms with Crippen molar-refractivity contribution in [3.8, 4) is 0 Å². The second kappa shape index (κ2) is 8.73. The molecule has 1 saturated heterocycles. The van der Waals surface area contributed by atoms with Crippen LogP contribution in [0.1, 0.15) is 25.3 Å². The molecule has 160 valence electrons. The summed E-state index contributed by atoms with van der Waals surface area (Å²) < 4.78 is 26.9. The Hall–Kier alpha value is -2.45. The van der Waals surface area contributed by atoms with Gasteiger partial charge in [-0.15, -0.1) is 0 Å². The molecule has 1 fully saturated rings. The molecule has 8 heteroatoms. The SMILES string of the molecule is CC(CNC(=O)C1CCN(S(=O)(=O)c2cccnc2)CC1)N1CCc2ccccc21. The molecule has 0 radical (unpaired) electrons. The molecule has 1 amide bonds. The summed E-state index contributed by atoms with van der Waals surface area (Å²) in [6, 6.07) is 11.8. The van der Waals surface area contributed by atoms with Crippen LogP contribution in [0.25, 0.3) is 0 Å². The monoisotopic (exact) mass is 428 g/mol. The first-order chi connectivity index (χ1) is 14.5. The maximum absolute atomic E-state index is 12.7. The number of pyridine rings is 1. The fourth-order valence-corrected chi connectivity index (χ4v) is 5.77. The van der Waals surface area contributed by atoms with Crippen LogP contribution < -0.4 is 10.2 Å². The Labute approximate surface area is 178 Å². The second-order valence-electron chi connectivity index (χ2n) is 8.03. The van der Waals surface area contributed by atoms with Gasteiger partial charge in [0.1, 0.15) is 4.90 Å². The van der Waals surface area contributed by atoms with Crippen LogP contribution in [0.15, 0.2) is 53.7 Å². The molecule has 0 aliphatic carbocycles. The van der Waals surface area contributed by atoms with Gasteiger partial charge in [-0.25, -0.2) is 8.42 Å². The third kappa shape index (κ3) is 4.20. The van der Waals surface area contributed by atoms with E-state index in [1.54, 1.807) is 18.3 Å². The lowest BCUT2D eigenvalue weighted by Crippen LogP contribution is -2.46. The first kappa shape index (κ1) is 20.8. The highest BCUT2D eigenvalue weighted by molar-refractivity contribution is 7.89. The van der Waals surface area contributed by atoms with Gasteiger partial charge < -0.3 is 10.2 Å². The number of nitrogens with zero attached hydrogens (tertiary/aromatic N) is 3. The Morgan fingerprint density at radius 1 is 1.17 bits per heavy atom. The average molecular weight is 429 g/mol. The first-order valence-corrected chi connectivity index (χ1v) is 11.9. The molecule has 1 unspecified atom stereocenters. The van der Waals surface area contributed by atoms with Gasteiger partial charge in [-0.1, -0.05) is 18.2 Å². The number of hydrogen-bond donors (Lipinski definition) is 1. The van der Waals surface area contributed by atoms with Gasteiger partial charge >= 0.3 is 0 Å². The summed E-state index contributed by atoms with van der Waals surface area (Å²) in [4.78, 5) is 19.1. The largest absolute Gasteiger partial charge is 0.366 e. The summed E-state index contributed by atoms with van der Waals surface area (Å²) in [5.41, 5.74) is 2.62. The van der Waals surface area contributed by atoms with E-state index in [0.717, 1.165) is 13.0 Å². The van der Waals surface area contributed by atoms with Gasteiger partial charge in [0.05, 0.1) is 0 Å². The number of fused-ring (bicyclic) bond motifs is 1. The van der Waals surface area contributed by atoms with Crippen molar-refractivity contribution in [1.29, 1.82) is 0 Å². The molecule has 2 aromatic rings. The van der Waals surface area contributed by atoms with Crippen LogP contribution in [-0.2, 0) is 21.2 Å². The number of hydrogen-bond acceptors (Lipinski definition) is 5. The maximum Gasteiger partial charge on any atom is 0.244 e. The van der Waals surface area contributed by atoms with Gasteiger partial charge in [0.25, 0.3) is 0 Å². The highest BCUT2D eigenvalue weighted by Gasteiger charge is 2.32. The van der Waals surface area contributed by atoms with Gasteiger partial charge in [0, 0.05) is 56.2 Å². The summed E-state index contributed by atoms with van der Waals surface area (Å²) >= 11 is 0. The van der Waals surface area contributed by atoms with E-state index >= 15 is 0 Å². The van der Waals surface area contributed by atoms with Crippen LogP contribution >= 0.6 is 0 Å². The van der Waals surface area contributed by atoms with Gasteiger partial charge in [0.2, 0.25) is 15.9 Å². The van der Waals surface area contributed by atoms with Crippen LogP contribution in [-0.4, -0.2) is 55.8 Å². The Morgan fingerprint density at radius 3 is 2.67 bits per heavy atom. The molecule has 0 spiro atoms. The number of anilines is 1.